The zero-order valence-electron chi connectivity index (χ0n) is 11.1. The summed E-state index contributed by atoms with van der Waals surface area (Å²) in [4.78, 5) is 8.93. The molecule has 1 aromatic heterocycles. The lowest BCUT2D eigenvalue weighted by Gasteiger charge is -2.03. The monoisotopic (exact) mass is 262 g/mol. The Morgan fingerprint density at radius 1 is 1.05 bits per heavy atom. The maximum Gasteiger partial charge on any atom is 0.155 e. The number of benzene rings is 2. The highest BCUT2D eigenvalue weighted by atomic mass is 16.3. The summed E-state index contributed by atoms with van der Waals surface area (Å²) in [5, 5.41) is 10.5. The van der Waals surface area contributed by atoms with Crippen LogP contribution in [-0.4, -0.2) is 16.3 Å². The van der Waals surface area contributed by atoms with E-state index in [1.165, 1.54) is 0 Å². The van der Waals surface area contributed by atoms with Gasteiger partial charge in [0.1, 0.15) is 5.75 Å². The second kappa shape index (κ2) is 5.13. The number of aromatic hydroxyl groups is 1. The quantitative estimate of drug-likeness (QED) is 0.709. The second-order valence-electron chi connectivity index (χ2n) is 4.67. The topological polar surface area (TPSA) is 45.5 Å². The summed E-state index contributed by atoms with van der Waals surface area (Å²) in [6, 6.07) is 17.1. The summed E-state index contributed by atoms with van der Waals surface area (Å²) < 4.78 is 0. The molecule has 0 bridgehead atoms. The molecule has 0 spiro atoms. The van der Waals surface area contributed by atoms with E-state index < -0.39 is 0 Å². The first kappa shape index (κ1) is 12.4. The molecule has 0 fully saturated rings. The maximum atomic E-state index is 9.52. The Hall–Kier alpha value is -2.68. The fourth-order valence-corrected chi connectivity index (χ4v) is 2.06. The molecular weight excluding hydrogens is 248 g/mol. The molecule has 2 aromatic carbocycles. The van der Waals surface area contributed by atoms with Gasteiger partial charge in [0.05, 0.1) is 5.52 Å². The van der Waals surface area contributed by atoms with Gasteiger partial charge in [0.2, 0.25) is 0 Å². The number of rotatable bonds is 2. The minimum absolute atomic E-state index is 0.215. The van der Waals surface area contributed by atoms with Crippen LogP contribution >= 0.6 is 0 Å². The number of fused-ring (bicyclic) bond motifs is 1. The van der Waals surface area contributed by atoms with Crippen LogP contribution in [0.5, 0.6) is 5.75 Å². The summed E-state index contributed by atoms with van der Waals surface area (Å²) in [5.41, 5.74) is 2.79. The highest BCUT2D eigenvalue weighted by molar-refractivity contribution is 5.85. The Balaban J connectivity index is 2.03. The largest absolute Gasteiger partial charge is 0.508 e. The van der Waals surface area contributed by atoms with Crippen LogP contribution < -0.4 is 0 Å². The molecule has 0 unspecified atom stereocenters. The molecule has 0 saturated carbocycles. The van der Waals surface area contributed by atoms with Crippen LogP contribution in [0.1, 0.15) is 11.1 Å². The minimum Gasteiger partial charge on any atom is -0.508 e. The predicted octanol–water partition coefficient (Wildman–Crippen LogP) is 4.00. The Labute approximate surface area is 117 Å². The first-order valence-electron chi connectivity index (χ1n) is 6.42. The lowest BCUT2D eigenvalue weighted by molar-refractivity contribution is 0.476. The lowest BCUT2D eigenvalue weighted by atomic mass is 10.1. The molecular formula is C17H14N2O. The van der Waals surface area contributed by atoms with Crippen molar-refractivity contribution in [2.24, 2.45) is 4.99 Å². The Kier molecular flexibility index (Phi) is 3.17. The summed E-state index contributed by atoms with van der Waals surface area (Å²) in [6.07, 6.45) is 1.80. The van der Waals surface area contributed by atoms with Crippen LogP contribution in [0, 0.1) is 6.92 Å². The van der Waals surface area contributed by atoms with E-state index in [0.29, 0.717) is 5.82 Å². The summed E-state index contributed by atoms with van der Waals surface area (Å²) in [5.74, 6) is 0.888. The summed E-state index contributed by atoms with van der Waals surface area (Å²) in [6.45, 7) is 1.98. The number of aliphatic imine (C=N–C) groups is 1. The lowest BCUT2D eigenvalue weighted by Crippen LogP contribution is -1.86. The van der Waals surface area contributed by atoms with Crippen molar-refractivity contribution < 1.29 is 5.11 Å². The number of hydrogen-bond donors (Lipinski definition) is 1. The molecule has 1 N–H and O–H groups in total. The number of phenolic OH excluding ortho intramolecular Hbond substituents is 1. The van der Waals surface area contributed by atoms with E-state index in [9.17, 15) is 5.11 Å². The molecule has 0 saturated heterocycles. The Morgan fingerprint density at radius 3 is 2.65 bits per heavy atom. The van der Waals surface area contributed by atoms with Crippen molar-refractivity contribution >= 4 is 22.9 Å². The van der Waals surface area contributed by atoms with E-state index in [-0.39, 0.29) is 5.75 Å². The molecule has 3 rings (SSSR count). The average Bonchev–Trinajstić information content (AvgIpc) is 2.46. The van der Waals surface area contributed by atoms with E-state index in [1.807, 2.05) is 49.4 Å². The zero-order chi connectivity index (χ0) is 13.9. The smallest absolute Gasteiger partial charge is 0.155 e. The molecule has 1 heterocycles. The third-order valence-corrected chi connectivity index (χ3v) is 3.10. The second-order valence-corrected chi connectivity index (χ2v) is 4.67. The van der Waals surface area contributed by atoms with Crippen molar-refractivity contribution in [1.29, 1.82) is 0 Å². The van der Waals surface area contributed by atoms with Crippen molar-refractivity contribution in [1.82, 2.24) is 4.98 Å². The van der Waals surface area contributed by atoms with Gasteiger partial charge in [-0.3, -0.25) is 0 Å². The van der Waals surface area contributed by atoms with E-state index in [2.05, 4.69) is 9.98 Å². The molecule has 3 heteroatoms. The molecule has 0 aliphatic rings. The summed E-state index contributed by atoms with van der Waals surface area (Å²) >= 11 is 0. The molecule has 3 nitrogen and oxygen atoms in total. The average molecular weight is 262 g/mol. The molecule has 20 heavy (non-hydrogen) atoms. The van der Waals surface area contributed by atoms with Gasteiger partial charge >= 0.3 is 0 Å². The highest BCUT2D eigenvalue weighted by Crippen LogP contribution is 2.24. The molecule has 0 amide bonds. The van der Waals surface area contributed by atoms with Gasteiger partial charge in [0.25, 0.3) is 0 Å². The highest BCUT2D eigenvalue weighted by Gasteiger charge is 2.02. The van der Waals surface area contributed by atoms with Gasteiger partial charge in [0.15, 0.2) is 5.82 Å². The number of hydrogen-bond acceptors (Lipinski definition) is 3. The summed E-state index contributed by atoms with van der Waals surface area (Å²) in [7, 11) is 0. The number of pyridine rings is 1. The third-order valence-electron chi connectivity index (χ3n) is 3.10. The molecule has 0 radical (unpaired) electrons. The van der Waals surface area contributed by atoms with Crippen molar-refractivity contribution in [3.8, 4) is 5.75 Å². The fourth-order valence-electron chi connectivity index (χ4n) is 2.06. The van der Waals surface area contributed by atoms with Crippen LogP contribution in [0.15, 0.2) is 59.6 Å². The van der Waals surface area contributed by atoms with Gasteiger partial charge in [-0.25, -0.2) is 9.98 Å². The van der Waals surface area contributed by atoms with E-state index in [0.717, 1.165) is 22.0 Å². The van der Waals surface area contributed by atoms with Gasteiger partial charge in [-0.1, -0.05) is 30.3 Å². The number of aryl methyl sites for hydroxylation is 1. The van der Waals surface area contributed by atoms with Gasteiger partial charge in [-0.15, -0.1) is 0 Å². The number of phenols is 1. The normalized spacial score (nSPS) is 11.2. The maximum absolute atomic E-state index is 9.52. The van der Waals surface area contributed by atoms with E-state index >= 15 is 0 Å². The van der Waals surface area contributed by atoms with Gasteiger partial charge < -0.3 is 5.11 Å². The van der Waals surface area contributed by atoms with Crippen LogP contribution in [0.4, 0.5) is 5.82 Å². The number of aromatic nitrogens is 1. The van der Waals surface area contributed by atoms with E-state index in [4.69, 9.17) is 0 Å². The van der Waals surface area contributed by atoms with Crippen molar-refractivity contribution in [3.05, 3.63) is 65.7 Å². The first-order chi connectivity index (χ1) is 9.72. The zero-order valence-corrected chi connectivity index (χ0v) is 11.1. The van der Waals surface area contributed by atoms with Crippen LogP contribution in [0.3, 0.4) is 0 Å². The predicted molar refractivity (Wildman–Crippen MR) is 81.8 cm³/mol. The standard InChI is InChI=1S/C17H14N2O/c1-12-9-14-7-8-15(20)10-16(14)19-17(12)18-11-13-5-3-2-4-6-13/h2-11,20H,1H3. The third kappa shape index (κ3) is 2.52. The SMILES string of the molecule is Cc1cc2ccc(O)cc2nc1N=Cc1ccccc1. The fraction of sp³-hybridized carbons (Fsp3) is 0.0588. The molecule has 0 aliphatic carbocycles. The van der Waals surface area contributed by atoms with Gasteiger partial charge in [-0.05, 0) is 36.2 Å². The number of nitrogens with zero attached hydrogens (tertiary/aromatic N) is 2. The van der Waals surface area contributed by atoms with Gasteiger partial charge in [0, 0.05) is 17.7 Å². The molecule has 0 aliphatic heterocycles. The Bertz CT molecular complexity index is 780. The van der Waals surface area contributed by atoms with E-state index in [1.54, 1.807) is 18.3 Å². The van der Waals surface area contributed by atoms with Crippen molar-refractivity contribution in [2.75, 3.05) is 0 Å². The molecule has 98 valence electrons. The Morgan fingerprint density at radius 2 is 1.85 bits per heavy atom. The van der Waals surface area contributed by atoms with Crippen LogP contribution in [-0.2, 0) is 0 Å². The van der Waals surface area contributed by atoms with Gasteiger partial charge in [-0.2, -0.15) is 0 Å². The van der Waals surface area contributed by atoms with Crippen molar-refractivity contribution in [3.63, 3.8) is 0 Å². The van der Waals surface area contributed by atoms with Crippen LogP contribution in [0.2, 0.25) is 0 Å². The first-order valence-corrected chi connectivity index (χ1v) is 6.42. The minimum atomic E-state index is 0.215. The molecule has 0 atom stereocenters. The molecule has 3 aromatic rings. The van der Waals surface area contributed by atoms with Crippen LogP contribution in [0.25, 0.3) is 10.9 Å². The van der Waals surface area contributed by atoms with Crippen molar-refractivity contribution in [2.45, 2.75) is 6.92 Å².